The lowest BCUT2D eigenvalue weighted by molar-refractivity contribution is 0.953. The van der Waals surface area contributed by atoms with Crippen LogP contribution < -0.4 is 4.90 Å². The fraction of sp³-hybridized carbons (Fsp3) is 0. The van der Waals surface area contributed by atoms with Gasteiger partial charge in [-0.05, 0) is 65.2 Å². The Morgan fingerprint density at radius 2 is 0.821 bits per heavy atom. The maximum atomic E-state index is 5.21. The van der Waals surface area contributed by atoms with Crippen molar-refractivity contribution in [2.75, 3.05) is 4.90 Å². The van der Waals surface area contributed by atoms with Gasteiger partial charge in [0, 0.05) is 38.8 Å². The van der Waals surface area contributed by atoms with Gasteiger partial charge in [-0.1, -0.05) is 164 Å². The topological polar surface area (TPSA) is 46.8 Å². The van der Waals surface area contributed by atoms with Crippen molar-refractivity contribution in [2.24, 2.45) is 0 Å². The van der Waals surface area contributed by atoms with Gasteiger partial charge in [0.25, 0.3) is 0 Å². The number of anilines is 3. The van der Waals surface area contributed by atoms with Crippen molar-refractivity contribution in [3.63, 3.8) is 0 Å². The summed E-state index contributed by atoms with van der Waals surface area (Å²) in [6.07, 6.45) is 0. The SMILES string of the molecule is c1ccc(-c2cccc(-c3nc(-c4ccc(-c5ccccc5N(c5ccccc5)c5ccccc5)cc4)nc(-n4c5ccccc5c5ccccc54)n3)c2)cc1. The molecule has 0 amide bonds. The molecule has 0 aliphatic carbocycles. The Morgan fingerprint density at radius 1 is 0.339 bits per heavy atom. The minimum absolute atomic E-state index is 0.573. The van der Waals surface area contributed by atoms with Gasteiger partial charge < -0.3 is 4.90 Å². The van der Waals surface area contributed by atoms with Crippen molar-refractivity contribution >= 4 is 38.9 Å². The van der Waals surface area contributed by atoms with Crippen LogP contribution in [-0.4, -0.2) is 19.5 Å². The molecule has 0 aliphatic rings. The summed E-state index contributed by atoms with van der Waals surface area (Å²) in [5.41, 5.74) is 11.6. The standard InChI is InChI=1S/C51H35N5/c1-4-17-36(18-5-1)39-19-16-20-40(35-39)50-52-49(53-51(54-50)56-47-29-14-11-26-44(47)45-27-12-15-30-48(45)56)38-33-31-37(32-34-38)43-25-10-13-28-46(43)55(41-21-6-2-7-22-41)42-23-8-3-9-24-42/h1-35H. The summed E-state index contributed by atoms with van der Waals surface area (Å²) in [6.45, 7) is 0. The zero-order chi connectivity index (χ0) is 37.3. The lowest BCUT2D eigenvalue weighted by Gasteiger charge is -2.27. The molecule has 10 rings (SSSR count). The summed E-state index contributed by atoms with van der Waals surface area (Å²) >= 11 is 0. The highest BCUT2D eigenvalue weighted by Crippen LogP contribution is 2.41. The van der Waals surface area contributed by atoms with Crippen LogP contribution in [0.3, 0.4) is 0 Å². The van der Waals surface area contributed by atoms with Gasteiger partial charge in [-0.3, -0.25) is 4.57 Å². The number of hydrogen-bond acceptors (Lipinski definition) is 4. The van der Waals surface area contributed by atoms with Gasteiger partial charge in [-0.15, -0.1) is 0 Å². The average Bonchev–Trinajstić information content (AvgIpc) is 3.62. The van der Waals surface area contributed by atoms with E-state index < -0.39 is 0 Å². The molecular formula is C51H35N5. The molecule has 2 heterocycles. The van der Waals surface area contributed by atoms with Gasteiger partial charge in [0.1, 0.15) is 0 Å². The van der Waals surface area contributed by atoms with Crippen molar-refractivity contribution in [2.45, 2.75) is 0 Å². The second-order valence-electron chi connectivity index (χ2n) is 13.7. The molecule has 8 aromatic carbocycles. The molecule has 10 aromatic rings. The molecule has 2 aromatic heterocycles. The Labute approximate surface area is 325 Å². The van der Waals surface area contributed by atoms with E-state index in [1.807, 2.05) is 6.07 Å². The Hall–Kier alpha value is -7.63. The third-order valence-electron chi connectivity index (χ3n) is 10.3. The Bertz CT molecular complexity index is 2860. The van der Waals surface area contributed by atoms with Crippen molar-refractivity contribution in [3.05, 3.63) is 212 Å². The van der Waals surface area contributed by atoms with E-state index in [0.717, 1.165) is 72.2 Å². The second-order valence-corrected chi connectivity index (χ2v) is 13.7. The highest BCUT2D eigenvalue weighted by atomic mass is 15.2. The van der Waals surface area contributed by atoms with Gasteiger partial charge in [-0.2, -0.15) is 9.97 Å². The van der Waals surface area contributed by atoms with E-state index in [0.29, 0.717) is 17.6 Å². The highest BCUT2D eigenvalue weighted by molar-refractivity contribution is 6.09. The number of para-hydroxylation sites is 5. The number of rotatable bonds is 8. The molecule has 0 saturated carbocycles. The molecule has 264 valence electrons. The number of fused-ring (bicyclic) bond motifs is 3. The van der Waals surface area contributed by atoms with Crippen LogP contribution in [0, 0.1) is 0 Å². The van der Waals surface area contributed by atoms with Gasteiger partial charge in [0.2, 0.25) is 5.95 Å². The van der Waals surface area contributed by atoms with Gasteiger partial charge >= 0.3 is 0 Å². The van der Waals surface area contributed by atoms with Crippen LogP contribution in [0.25, 0.3) is 72.8 Å². The molecule has 0 saturated heterocycles. The Kier molecular flexibility index (Phi) is 8.43. The molecule has 0 bridgehead atoms. The quantitative estimate of drug-likeness (QED) is 0.157. The summed E-state index contributed by atoms with van der Waals surface area (Å²) in [4.78, 5) is 17.9. The summed E-state index contributed by atoms with van der Waals surface area (Å²) < 4.78 is 2.16. The monoisotopic (exact) mass is 717 g/mol. The number of benzene rings is 8. The van der Waals surface area contributed by atoms with Crippen LogP contribution in [0.5, 0.6) is 0 Å². The molecule has 5 heteroatoms. The van der Waals surface area contributed by atoms with E-state index in [4.69, 9.17) is 15.0 Å². The van der Waals surface area contributed by atoms with E-state index in [2.05, 4.69) is 216 Å². The molecule has 0 fully saturated rings. The molecule has 0 unspecified atom stereocenters. The van der Waals surface area contributed by atoms with E-state index in [9.17, 15) is 0 Å². The van der Waals surface area contributed by atoms with Gasteiger partial charge in [-0.25, -0.2) is 4.98 Å². The predicted octanol–water partition coefficient (Wildman–Crippen LogP) is 13.1. The van der Waals surface area contributed by atoms with Crippen LogP contribution in [0.2, 0.25) is 0 Å². The molecule has 5 nitrogen and oxygen atoms in total. The predicted molar refractivity (Wildman–Crippen MR) is 231 cm³/mol. The molecule has 56 heavy (non-hydrogen) atoms. The first-order valence-electron chi connectivity index (χ1n) is 18.8. The van der Waals surface area contributed by atoms with Crippen molar-refractivity contribution in [1.82, 2.24) is 19.5 Å². The maximum Gasteiger partial charge on any atom is 0.238 e. The minimum atomic E-state index is 0.573. The van der Waals surface area contributed by atoms with Gasteiger partial charge in [0.15, 0.2) is 11.6 Å². The van der Waals surface area contributed by atoms with Gasteiger partial charge in [0.05, 0.1) is 16.7 Å². The number of nitrogens with zero attached hydrogens (tertiary/aromatic N) is 5. The number of hydrogen-bond donors (Lipinski definition) is 0. The summed E-state index contributed by atoms with van der Waals surface area (Å²) in [6, 6.07) is 73.9. The van der Waals surface area contributed by atoms with Crippen LogP contribution in [0.4, 0.5) is 17.1 Å². The van der Waals surface area contributed by atoms with Crippen molar-refractivity contribution in [3.8, 4) is 51.0 Å². The largest absolute Gasteiger partial charge is 0.310 e. The fourth-order valence-corrected chi connectivity index (χ4v) is 7.62. The molecule has 0 atom stereocenters. The normalized spacial score (nSPS) is 11.2. The molecule has 0 radical (unpaired) electrons. The zero-order valence-electron chi connectivity index (χ0n) is 30.4. The zero-order valence-corrected chi connectivity index (χ0v) is 30.4. The third kappa shape index (κ3) is 6.07. The van der Waals surface area contributed by atoms with E-state index >= 15 is 0 Å². The maximum absolute atomic E-state index is 5.21. The molecule has 0 spiro atoms. The number of aromatic nitrogens is 4. The van der Waals surface area contributed by atoms with Crippen LogP contribution in [0.15, 0.2) is 212 Å². The summed E-state index contributed by atoms with van der Waals surface area (Å²) in [7, 11) is 0. The molecular weight excluding hydrogens is 683 g/mol. The first-order chi connectivity index (χ1) is 27.8. The molecule has 0 aliphatic heterocycles. The van der Waals surface area contributed by atoms with E-state index in [-0.39, 0.29) is 0 Å². The van der Waals surface area contributed by atoms with E-state index in [1.165, 1.54) is 0 Å². The average molecular weight is 718 g/mol. The second kappa shape index (κ2) is 14.3. The Morgan fingerprint density at radius 3 is 1.46 bits per heavy atom. The molecule has 0 N–H and O–H groups in total. The third-order valence-corrected chi connectivity index (χ3v) is 10.3. The summed E-state index contributed by atoms with van der Waals surface area (Å²) in [5, 5.41) is 2.31. The lowest BCUT2D eigenvalue weighted by atomic mass is 10.00. The minimum Gasteiger partial charge on any atom is -0.310 e. The van der Waals surface area contributed by atoms with Crippen LogP contribution in [0.1, 0.15) is 0 Å². The first-order valence-corrected chi connectivity index (χ1v) is 18.8. The van der Waals surface area contributed by atoms with E-state index in [1.54, 1.807) is 0 Å². The summed E-state index contributed by atoms with van der Waals surface area (Å²) in [5.74, 6) is 1.79. The highest BCUT2D eigenvalue weighted by Gasteiger charge is 2.19. The van der Waals surface area contributed by atoms with Crippen molar-refractivity contribution < 1.29 is 0 Å². The lowest BCUT2D eigenvalue weighted by Crippen LogP contribution is -2.10. The van der Waals surface area contributed by atoms with Crippen LogP contribution >= 0.6 is 0 Å². The Balaban J connectivity index is 1.12. The smallest absolute Gasteiger partial charge is 0.238 e. The fourth-order valence-electron chi connectivity index (χ4n) is 7.62. The van der Waals surface area contributed by atoms with Crippen LogP contribution in [-0.2, 0) is 0 Å². The van der Waals surface area contributed by atoms with Crippen molar-refractivity contribution in [1.29, 1.82) is 0 Å². The first kappa shape index (κ1) is 33.0.